The van der Waals surface area contributed by atoms with Crippen molar-refractivity contribution >= 4 is 5.97 Å². The second-order valence-corrected chi connectivity index (χ2v) is 3.13. The molecule has 0 bridgehead atoms. The van der Waals surface area contributed by atoms with E-state index >= 15 is 0 Å². The van der Waals surface area contributed by atoms with Gasteiger partial charge in [0.2, 0.25) is 0 Å². The Bertz CT molecular complexity index is 371. The van der Waals surface area contributed by atoms with Gasteiger partial charge in [0.25, 0.3) is 0 Å². The molecule has 0 aromatic heterocycles. The van der Waals surface area contributed by atoms with Crippen LogP contribution in [0.25, 0.3) is 0 Å². The van der Waals surface area contributed by atoms with Crippen LogP contribution < -0.4 is 4.74 Å². The van der Waals surface area contributed by atoms with E-state index in [1.54, 1.807) is 12.1 Å². The lowest BCUT2D eigenvalue weighted by Gasteiger charge is -2.10. The number of aliphatic hydroxyl groups excluding tert-OH is 1. The van der Waals surface area contributed by atoms with E-state index < -0.39 is 5.97 Å². The number of carbonyl (C=O) groups excluding carboxylic acids is 1. The van der Waals surface area contributed by atoms with Crippen LogP contribution in [0.4, 0.5) is 0 Å². The minimum Gasteiger partial charge on any atom is -0.496 e. The Labute approximate surface area is 88.4 Å². The van der Waals surface area contributed by atoms with Crippen LogP contribution in [-0.4, -0.2) is 25.3 Å². The summed E-state index contributed by atoms with van der Waals surface area (Å²) in [7, 11) is 2.79. The van der Waals surface area contributed by atoms with Crippen LogP contribution in [0.3, 0.4) is 0 Å². The molecule has 1 rings (SSSR count). The fourth-order valence-corrected chi connectivity index (χ4v) is 1.34. The minimum atomic E-state index is -0.445. The summed E-state index contributed by atoms with van der Waals surface area (Å²) in [5, 5.41) is 9.05. The highest BCUT2D eigenvalue weighted by Crippen LogP contribution is 2.24. The number of hydrogen-bond acceptors (Lipinski definition) is 4. The lowest BCUT2D eigenvalue weighted by molar-refractivity contribution is 0.0597. The standard InChI is InChI=1S/C11H14O4/c1-7-4-9(11(13)15-3)10(14-2)5-8(7)6-12/h4-5,12H,6H2,1-3H3. The maximum atomic E-state index is 11.4. The molecule has 0 atom stereocenters. The lowest BCUT2D eigenvalue weighted by atomic mass is 10.0. The fourth-order valence-electron chi connectivity index (χ4n) is 1.34. The summed E-state index contributed by atoms with van der Waals surface area (Å²) < 4.78 is 9.68. The molecule has 0 unspecified atom stereocenters. The Morgan fingerprint density at radius 2 is 2.07 bits per heavy atom. The predicted molar refractivity (Wildman–Crippen MR) is 55.0 cm³/mol. The zero-order valence-electron chi connectivity index (χ0n) is 9.03. The molecule has 0 aliphatic rings. The summed E-state index contributed by atoms with van der Waals surface area (Å²) in [6.45, 7) is 1.74. The SMILES string of the molecule is COC(=O)c1cc(C)c(CO)cc1OC. The van der Waals surface area contributed by atoms with E-state index in [2.05, 4.69) is 4.74 Å². The highest BCUT2D eigenvalue weighted by atomic mass is 16.5. The molecule has 15 heavy (non-hydrogen) atoms. The zero-order chi connectivity index (χ0) is 11.4. The van der Waals surface area contributed by atoms with Crippen molar-refractivity contribution < 1.29 is 19.4 Å². The van der Waals surface area contributed by atoms with Crippen molar-refractivity contribution in [1.29, 1.82) is 0 Å². The maximum Gasteiger partial charge on any atom is 0.341 e. The van der Waals surface area contributed by atoms with Gasteiger partial charge in [0.05, 0.1) is 20.8 Å². The molecule has 0 saturated carbocycles. The van der Waals surface area contributed by atoms with Crippen molar-refractivity contribution in [2.45, 2.75) is 13.5 Å². The molecule has 0 heterocycles. The van der Waals surface area contributed by atoms with Crippen LogP contribution >= 0.6 is 0 Å². The largest absolute Gasteiger partial charge is 0.496 e. The number of carbonyl (C=O) groups is 1. The zero-order valence-corrected chi connectivity index (χ0v) is 9.03. The van der Waals surface area contributed by atoms with Crippen LogP contribution in [0.1, 0.15) is 21.5 Å². The molecule has 0 fully saturated rings. The molecule has 1 aromatic rings. The Kier molecular flexibility index (Phi) is 3.68. The summed E-state index contributed by atoms with van der Waals surface area (Å²) in [5.41, 5.74) is 1.94. The van der Waals surface area contributed by atoms with Gasteiger partial charge in [0.1, 0.15) is 11.3 Å². The molecule has 4 nitrogen and oxygen atoms in total. The highest BCUT2D eigenvalue weighted by molar-refractivity contribution is 5.92. The molecule has 0 aliphatic carbocycles. The van der Waals surface area contributed by atoms with Crippen molar-refractivity contribution in [2.75, 3.05) is 14.2 Å². The Morgan fingerprint density at radius 3 is 2.53 bits per heavy atom. The summed E-state index contributed by atoms with van der Waals surface area (Å²) >= 11 is 0. The Hall–Kier alpha value is -1.55. The maximum absolute atomic E-state index is 11.4. The third-order valence-corrected chi connectivity index (χ3v) is 2.23. The first kappa shape index (κ1) is 11.5. The van der Waals surface area contributed by atoms with Crippen LogP contribution in [0, 0.1) is 6.92 Å². The van der Waals surface area contributed by atoms with Gasteiger partial charge >= 0.3 is 5.97 Å². The van der Waals surface area contributed by atoms with Gasteiger partial charge in [0, 0.05) is 0 Å². The van der Waals surface area contributed by atoms with Gasteiger partial charge in [0.15, 0.2) is 0 Å². The second kappa shape index (κ2) is 4.79. The number of ether oxygens (including phenoxy) is 2. The first-order chi connectivity index (χ1) is 7.13. The van der Waals surface area contributed by atoms with Gasteiger partial charge in [-0.2, -0.15) is 0 Å². The smallest absolute Gasteiger partial charge is 0.341 e. The highest BCUT2D eigenvalue weighted by Gasteiger charge is 2.14. The number of aliphatic hydroxyl groups is 1. The molecule has 1 aromatic carbocycles. The number of benzene rings is 1. The molecule has 1 N–H and O–H groups in total. The van der Waals surface area contributed by atoms with Gasteiger partial charge in [-0.1, -0.05) is 0 Å². The average Bonchev–Trinajstić information content (AvgIpc) is 2.27. The number of hydrogen-bond donors (Lipinski definition) is 1. The third-order valence-electron chi connectivity index (χ3n) is 2.23. The van der Waals surface area contributed by atoms with Gasteiger partial charge in [-0.3, -0.25) is 0 Å². The van der Waals surface area contributed by atoms with Crippen LogP contribution in [-0.2, 0) is 11.3 Å². The molecular weight excluding hydrogens is 196 g/mol. The molecule has 0 radical (unpaired) electrons. The average molecular weight is 210 g/mol. The summed E-state index contributed by atoms with van der Waals surface area (Å²) in [6, 6.07) is 3.29. The third kappa shape index (κ3) is 2.27. The second-order valence-electron chi connectivity index (χ2n) is 3.13. The number of methoxy groups -OCH3 is 2. The summed E-state index contributed by atoms with van der Waals surface area (Å²) in [6.07, 6.45) is 0. The molecule has 82 valence electrons. The molecule has 0 amide bonds. The first-order valence-corrected chi connectivity index (χ1v) is 4.50. The molecule has 4 heteroatoms. The van der Waals surface area contributed by atoms with Crippen molar-refractivity contribution in [2.24, 2.45) is 0 Å². The van der Waals surface area contributed by atoms with Crippen molar-refractivity contribution in [3.05, 3.63) is 28.8 Å². The normalized spacial score (nSPS) is 9.87. The van der Waals surface area contributed by atoms with Crippen LogP contribution in [0.5, 0.6) is 5.75 Å². The molecular formula is C11H14O4. The summed E-state index contributed by atoms with van der Waals surface area (Å²) in [4.78, 5) is 11.4. The van der Waals surface area contributed by atoms with E-state index in [9.17, 15) is 4.79 Å². The van der Waals surface area contributed by atoms with E-state index in [1.165, 1.54) is 14.2 Å². The monoisotopic (exact) mass is 210 g/mol. The van der Waals surface area contributed by atoms with Gasteiger partial charge in [-0.25, -0.2) is 4.79 Å². The van der Waals surface area contributed by atoms with Gasteiger partial charge in [-0.15, -0.1) is 0 Å². The van der Waals surface area contributed by atoms with E-state index in [1.807, 2.05) is 6.92 Å². The molecule has 0 aliphatic heterocycles. The number of rotatable bonds is 3. The Morgan fingerprint density at radius 1 is 1.40 bits per heavy atom. The summed E-state index contributed by atoms with van der Waals surface area (Å²) in [5.74, 6) is -0.0315. The van der Waals surface area contributed by atoms with Gasteiger partial charge in [-0.05, 0) is 30.2 Å². The molecule has 0 spiro atoms. The van der Waals surface area contributed by atoms with E-state index in [-0.39, 0.29) is 6.61 Å². The molecule has 0 saturated heterocycles. The van der Waals surface area contributed by atoms with Crippen molar-refractivity contribution in [1.82, 2.24) is 0 Å². The quantitative estimate of drug-likeness (QED) is 0.763. The van der Waals surface area contributed by atoms with Crippen molar-refractivity contribution in [3.8, 4) is 5.75 Å². The van der Waals surface area contributed by atoms with Crippen molar-refractivity contribution in [3.63, 3.8) is 0 Å². The van der Waals surface area contributed by atoms with E-state index in [4.69, 9.17) is 9.84 Å². The topological polar surface area (TPSA) is 55.8 Å². The fraction of sp³-hybridized carbons (Fsp3) is 0.364. The number of aryl methyl sites for hydroxylation is 1. The lowest BCUT2D eigenvalue weighted by Crippen LogP contribution is -2.06. The van der Waals surface area contributed by atoms with Crippen LogP contribution in [0.15, 0.2) is 12.1 Å². The van der Waals surface area contributed by atoms with E-state index in [0.717, 1.165) is 11.1 Å². The minimum absolute atomic E-state index is 0.0797. The number of esters is 1. The predicted octanol–water partition coefficient (Wildman–Crippen LogP) is 1.28. The first-order valence-electron chi connectivity index (χ1n) is 4.50. The van der Waals surface area contributed by atoms with E-state index in [0.29, 0.717) is 11.3 Å². The van der Waals surface area contributed by atoms with Crippen LogP contribution in [0.2, 0.25) is 0 Å². The Balaban J connectivity index is 3.27. The van der Waals surface area contributed by atoms with Gasteiger partial charge < -0.3 is 14.6 Å².